The first-order chi connectivity index (χ1) is 5.63. The lowest BCUT2D eigenvalue weighted by Gasteiger charge is -2.25. The average Bonchev–Trinajstić information content (AvgIpc) is 2.53. The van der Waals surface area contributed by atoms with Crippen LogP contribution >= 0.6 is 0 Å². The molecule has 1 aliphatic carbocycles. The fraction of sp³-hybridized carbons (Fsp3) is 0.889. The molecule has 0 aromatic carbocycles. The van der Waals surface area contributed by atoms with E-state index in [2.05, 4.69) is 0 Å². The third kappa shape index (κ3) is 1.97. The van der Waals surface area contributed by atoms with Crippen molar-refractivity contribution in [3.05, 3.63) is 0 Å². The standard InChI is InChI=1S/C9H18N2O/c1-7(10)9(12)11(2)8-5-3-4-6-8/h7-8H,3-6,10H2,1-2H3/t7-/m0/s1. The molecule has 1 amide bonds. The van der Waals surface area contributed by atoms with E-state index in [4.69, 9.17) is 5.73 Å². The van der Waals surface area contributed by atoms with Crippen LogP contribution in [0.25, 0.3) is 0 Å². The highest BCUT2D eigenvalue weighted by Crippen LogP contribution is 2.22. The molecular weight excluding hydrogens is 152 g/mol. The summed E-state index contributed by atoms with van der Waals surface area (Å²) in [5, 5.41) is 0. The second kappa shape index (κ2) is 3.90. The first-order valence-electron chi connectivity index (χ1n) is 4.65. The van der Waals surface area contributed by atoms with Gasteiger partial charge in [0.2, 0.25) is 5.91 Å². The van der Waals surface area contributed by atoms with Crippen molar-refractivity contribution in [3.8, 4) is 0 Å². The molecule has 0 spiro atoms. The normalized spacial score (nSPS) is 20.9. The third-order valence-electron chi connectivity index (χ3n) is 2.61. The van der Waals surface area contributed by atoms with Crippen LogP contribution in [-0.4, -0.2) is 29.9 Å². The third-order valence-corrected chi connectivity index (χ3v) is 2.61. The molecule has 1 aliphatic rings. The zero-order valence-corrected chi connectivity index (χ0v) is 7.92. The number of likely N-dealkylation sites (N-methyl/N-ethyl adjacent to an activating group) is 1. The first-order valence-corrected chi connectivity index (χ1v) is 4.65. The van der Waals surface area contributed by atoms with Gasteiger partial charge in [-0.1, -0.05) is 12.8 Å². The molecule has 1 atom stereocenters. The van der Waals surface area contributed by atoms with Crippen LogP contribution in [0.4, 0.5) is 0 Å². The Hall–Kier alpha value is -0.570. The van der Waals surface area contributed by atoms with Crippen molar-refractivity contribution in [2.75, 3.05) is 7.05 Å². The molecule has 3 heteroatoms. The molecule has 0 heterocycles. The molecule has 0 saturated heterocycles. The SMILES string of the molecule is C[C@H](N)C(=O)N(C)C1CCCC1. The van der Waals surface area contributed by atoms with Crippen LogP contribution in [0, 0.1) is 0 Å². The fourth-order valence-corrected chi connectivity index (χ4v) is 1.79. The van der Waals surface area contributed by atoms with E-state index in [1.54, 1.807) is 6.92 Å². The van der Waals surface area contributed by atoms with Crippen LogP contribution in [0.1, 0.15) is 32.6 Å². The number of hydrogen-bond donors (Lipinski definition) is 1. The summed E-state index contributed by atoms with van der Waals surface area (Å²) in [7, 11) is 1.86. The molecular formula is C9H18N2O. The quantitative estimate of drug-likeness (QED) is 0.664. The van der Waals surface area contributed by atoms with Gasteiger partial charge in [-0.05, 0) is 19.8 Å². The number of rotatable bonds is 2. The van der Waals surface area contributed by atoms with E-state index in [9.17, 15) is 4.79 Å². The van der Waals surface area contributed by atoms with Crippen LogP contribution in [0.2, 0.25) is 0 Å². The summed E-state index contributed by atoms with van der Waals surface area (Å²) in [5.41, 5.74) is 5.51. The molecule has 3 nitrogen and oxygen atoms in total. The van der Waals surface area contributed by atoms with E-state index < -0.39 is 0 Å². The van der Waals surface area contributed by atoms with Crippen molar-refractivity contribution in [1.29, 1.82) is 0 Å². The van der Waals surface area contributed by atoms with Crippen molar-refractivity contribution in [1.82, 2.24) is 4.90 Å². The summed E-state index contributed by atoms with van der Waals surface area (Å²) in [6, 6.07) is 0.0964. The van der Waals surface area contributed by atoms with Crippen LogP contribution in [0.15, 0.2) is 0 Å². The topological polar surface area (TPSA) is 46.3 Å². The second-order valence-corrected chi connectivity index (χ2v) is 3.68. The van der Waals surface area contributed by atoms with Gasteiger partial charge in [-0.2, -0.15) is 0 Å². The number of carbonyl (C=O) groups is 1. The zero-order chi connectivity index (χ0) is 9.14. The maximum atomic E-state index is 11.4. The second-order valence-electron chi connectivity index (χ2n) is 3.68. The van der Waals surface area contributed by atoms with Crippen LogP contribution in [-0.2, 0) is 4.79 Å². The lowest BCUT2D eigenvalue weighted by atomic mass is 10.2. The van der Waals surface area contributed by atoms with Gasteiger partial charge in [0, 0.05) is 13.1 Å². The molecule has 0 aromatic heterocycles. The van der Waals surface area contributed by atoms with Crippen molar-refractivity contribution in [3.63, 3.8) is 0 Å². The van der Waals surface area contributed by atoms with Gasteiger partial charge in [0.25, 0.3) is 0 Å². The molecule has 0 unspecified atom stereocenters. The maximum Gasteiger partial charge on any atom is 0.239 e. The molecule has 0 aliphatic heterocycles. The Bertz CT molecular complexity index is 162. The lowest BCUT2D eigenvalue weighted by molar-refractivity contribution is -0.132. The van der Waals surface area contributed by atoms with E-state index in [0.717, 1.165) is 12.8 Å². The van der Waals surface area contributed by atoms with Gasteiger partial charge in [0.1, 0.15) is 0 Å². The number of amides is 1. The van der Waals surface area contributed by atoms with E-state index in [0.29, 0.717) is 6.04 Å². The number of nitrogens with two attached hydrogens (primary N) is 1. The Labute approximate surface area is 73.9 Å². The molecule has 12 heavy (non-hydrogen) atoms. The van der Waals surface area contributed by atoms with Crippen molar-refractivity contribution in [2.45, 2.75) is 44.7 Å². The highest BCUT2D eigenvalue weighted by molar-refractivity contribution is 5.81. The smallest absolute Gasteiger partial charge is 0.239 e. The Kier molecular flexibility index (Phi) is 3.09. The number of hydrogen-bond acceptors (Lipinski definition) is 2. The van der Waals surface area contributed by atoms with Crippen molar-refractivity contribution < 1.29 is 4.79 Å². The maximum absolute atomic E-state index is 11.4. The minimum absolute atomic E-state index is 0.0712. The Morgan fingerprint density at radius 2 is 2.00 bits per heavy atom. The van der Waals surface area contributed by atoms with Crippen LogP contribution in [0.3, 0.4) is 0 Å². The summed E-state index contributed by atoms with van der Waals surface area (Å²) < 4.78 is 0. The van der Waals surface area contributed by atoms with Crippen LogP contribution < -0.4 is 5.73 Å². The summed E-state index contributed by atoms with van der Waals surface area (Å²) in [4.78, 5) is 13.2. The highest BCUT2D eigenvalue weighted by atomic mass is 16.2. The molecule has 1 saturated carbocycles. The zero-order valence-electron chi connectivity index (χ0n) is 7.92. The molecule has 1 rings (SSSR count). The number of carbonyl (C=O) groups excluding carboxylic acids is 1. The van der Waals surface area contributed by atoms with E-state index >= 15 is 0 Å². The Morgan fingerprint density at radius 3 is 2.42 bits per heavy atom. The highest BCUT2D eigenvalue weighted by Gasteiger charge is 2.24. The van der Waals surface area contributed by atoms with E-state index in [-0.39, 0.29) is 11.9 Å². The minimum Gasteiger partial charge on any atom is -0.341 e. The van der Waals surface area contributed by atoms with Gasteiger partial charge in [0.05, 0.1) is 6.04 Å². The molecule has 0 aromatic rings. The van der Waals surface area contributed by atoms with Gasteiger partial charge < -0.3 is 10.6 Å². The molecule has 0 bridgehead atoms. The molecule has 2 N–H and O–H groups in total. The largest absolute Gasteiger partial charge is 0.341 e. The van der Waals surface area contributed by atoms with E-state index in [1.807, 2.05) is 11.9 Å². The van der Waals surface area contributed by atoms with Gasteiger partial charge in [-0.15, -0.1) is 0 Å². The van der Waals surface area contributed by atoms with Gasteiger partial charge in [0.15, 0.2) is 0 Å². The summed E-state index contributed by atoms with van der Waals surface area (Å²) in [6.45, 7) is 1.74. The summed E-state index contributed by atoms with van der Waals surface area (Å²) >= 11 is 0. The van der Waals surface area contributed by atoms with Crippen molar-refractivity contribution >= 4 is 5.91 Å². The Balaban J connectivity index is 2.45. The molecule has 0 radical (unpaired) electrons. The molecule has 1 fully saturated rings. The van der Waals surface area contributed by atoms with Crippen LogP contribution in [0.5, 0.6) is 0 Å². The minimum atomic E-state index is -0.351. The van der Waals surface area contributed by atoms with Gasteiger partial charge in [-0.3, -0.25) is 4.79 Å². The Morgan fingerprint density at radius 1 is 1.50 bits per heavy atom. The van der Waals surface area contributed by atoms with Gasteiger partial charge in [-0.25, -0.2) is 0 Å². The monoisotopic (exact) mass is 170 g/mol. The van der Waals surface area contributed by atoms with Crippen molar-refractivity contribution in [2.24, 2.45) is 5.73 Å². The molecule has 70 valence electrons. The first kappa shape index (κ1) is 9.52. The van der Waals surface area contributed by atoms with Gasteiger partial charge >= 0.3 is 0 Å². The average molecular weight is 170 g/mol. The predicted octanol–water partition coefficient (Wildman–Crippen LogP) is 0.735. The fourth-order valence-electron chi connectivity index (χ4n) is 1.79. The number of nitrogens with zero attached hydrogens (tertiary/aromatic N) is 1. The predicted molar refractivity (Wildman–Crippen MR) is 48.7 cm³/mol. The summed E-state index contributed by atoms with van der Waals surface area (Å²) in [6.07, 6.45) is 4.80. The summed E-state index contributed by atoms with van der Waals surface area (Å²) in [5.74, 6) is 0.0712. The van der Waals surface area contributed by atoms with E-state index in [1.165, 1.54) is 12.8 Å². The lowest BCUT2D eigenvalue weighted by Crippen LogP contribution is -2.44.